The third kappa shape index (κ3) is 2.72. The summed E-state index contributed by atoms with van der Waals surface area (Å²) < 4.78 is 0. The van der Waals surface area contributed by atoms with Crippen LogP contribution in [-0.4, -0.2) is 23.7 Å². The zero-order valence-corrected chi connectivity index (χ0v) is 7.05. The molecule has 0 aliphatic rings. The lowest BCUT2D eigenvalue weighted by atomic mass is 9.96. The minimum absolute atomic E-state index is 0.572. The van der Waals surface area contributed by atoms with E-state index in [1.807, 2.05) is 0 Å². The number of rotatable bonds is 5. The SMILES string of the molecule is C=CCC[C@](C)(NC)C(=O)O. The van der Waals surface area contributed by atoms with Crippen LogP contribution in [0.1, 0.15) is 19.8 Å². The minimum atomic E-state index is -0.818. The fourth-order valence-corrected chi connectivity index (χ4v) is 0.730. The number of aliphatic carboxylic acids is 1. The normalized spacial score (nSPS) is 15.5. The molecule has 0 aliphatic carbocycles. The first kappa shape index (κ1) is 10.2. The van der Waals surface area contributed by atoms with Crippen molar-refractivity contribution in [3.05, 3.63) is 12.7 Å². The smallest absolute Gasteiger partial charge is 0.323 e. The summed E-state index contributed by atoms with van der Waals surface area (Å²) in [6, 6.07) is 0. The van der Waals surface area contributed by atoms with Gasteiger partial charge in [-0.05, 0) is 26.8 Å². The van der Waals surface area contributed by atoms with E-state index in [4.69, 9.17) is 5.11 Å². The van der Waals surface area contributed by atoms with E-state index in [1.54, 1.807) is 20.0 Å². The van der Waals surface area contributed by atoms with E-state index in [2.05, 4.69) is 11.9 Å². The fraction of sp³-hybridized carbons (Fsp3) is 0.625. The van der Waals surface area contributed by atoms with Crippen LogP contribution in [0.5, 0.6) is 0 Å². The van der Waals surface area contributed by atoms with Crippen LogP contribution in [0.2, 0.25) is 0 Å². The second kappa shape index (κ2) is 4.13. The molecule has 3 nitrogen and oxygen atoms in total. The average molecular weight is 157 g/mol. The molecule has 0 saturated carbocycles. The molecule has 0 aliphatic heterocycles. The Labute approximate surface area is 67.1 Å². The van der Waals surface area contributed by atoms with Crippen molar-refractivity contribution < 1.29 is 9.90 Å². The van der Waals surface area contributed by atoms with Crippen molar-refractivity contribution in [2.24, 2.45) is 0 Å². The Kier molecular flexibility index (Phi) is 3.82. The van der Waals surface area contributed by atoms with Crippen LogP contribution >= 0.6 is 0 Å². The summed E-state index contributed by atoms with van der Waals surface area (Å²) >= 11 is 0. The van der Waals surface area contributed by atoms with Crippen LogP contribution in [0.15, 0.2) is 12.7 Å². The third-order valence-electron chi connectivity index (χ3n) is 1.87. The lowest BCUT2D eigenvalue weighted by Crippen LogP contribution is -2.47. The maximum Gasteiger partial charge on any atom is 0.323 e. The van der Waals surface area contributed by atoms with Crippen LogP contribution in [0.4, 0.5) is 0 Å². The number of carboxylic acids is 1. The lowest BCUT2D eigenvalue weighted by Gasteiger charge is -2.23. The van der Waals surface area contributed by atoms with Gasteiger partial charge in [0.25, 0.3) is 0 Å². The second-order valence-corrected chi connectivity index (χ2v) is 2.71. The summed E-state index contributed by atoms with van der Waals surface area (Å²) in [6.07, 6.45) is 3.00. The van der Waals surface area contributed by atoms with Crippen LogP contribution in [-0.2, 0) is 4.79 Å². The van der Waals surface area contributed by atoms with E-state index in [1.165, 1.54) is 0 Å². The highest BCUT2D eigenvalue weighted by Crippen LogP contribution is 2.11. The van der Waals surface area contributed by atoms with Gasteiger partial charge < -0.3 is 10.4 Å². The van der Waals surface area contributed by atoms with Gasteiger partial charge in [0, 0.05) is 0 Å². The number of likely N-dealkylation sites (N-methyl/N-ethyl adjacent to an activating group) is 1. The molecule has 0 spiro atoms. The second-order valence-electron chi connectivity index (χ2n) is 2.71. The number of carbonyl (C=O) groups is 1. The van der Waals surface area contributed by atoms with Crippen molar-refractivity contribution in [3.63, 3.8) is 0 Å². The molecular weight excluding hydrogens is 142 g/mol. The Bertz CT molecular complexity index is 156. The van der Waals surface area contributed by atoms with Gasteiger partial charge in [-0.3, -0.25) is 4.79 Å². The number of allylic oxidation sites excluding steroid dienone is 1. The molecular formula is C8H15NO2. The molecule has 3 heteroatoms. The number of hydrogen-bond acceptors (Lipinski definition) is 2. The third-order valence-corrected chi connectivity index (χ3v) is 1.87. The maximum absolute atomic E-state index is 10.7. The average Bonchev–Trinajstić information content (AvgIpc) is 2.00. The minimum Gasteiger partial charge on any atom is -0.480 e. The Morgan fingerprint density at radius 1 is 1.82 bits per heavy atom. The van der Waals surface area contributed by atoms with Crippen molar-refractivity contribution in [1.82, 2.24) is 5.32 Å². The van der Waals surface area contributed by atoms with Gasteiger partial charge in [-0.2, -0.15) is 0 Å². The Morgan fingerprint density at radius 2 is 2.36 bits per heavy atom. The molecule has 11 heavy (non-hydrogen) atoms. The van der Waals surface area contributed by atoms with Crippen molar-refractivity contribution in [1.29, 1.82) is 0 Å². The van der Waals surface area contributed by atoms with E-state index in [-0.39, 0.29) is 0 Å². The largest absolute Gasteiger partial charge is 0.480 e. The molecule has 0 radical (unpaired) electrons. The molecule has 0 bridgehead atoms. The van der Waals surface area contributed by atoms with Crippen molar-refractivity contribution in [2.75, 3.05) is 7.05 Å². The first-order valence-electron chi connectivity index (χ1n) is 3.60. The van der Waals surface area contributed by atoms with Gasteiger partial charge in [0.15, 0.2) is 0 Å². The van der Waals surface area contributed by atoms with Gasteiger partial charge in [-0.1, -0.05) is 6.08 Å². The van der Waals surface area contributed by atoms with E-state index in [9.17, 15) is 4.79 Å². The van der Waals surface area contributed by atoms with E-state index in [0.29, 0.717) is 12.8 Å². The number of hydrogen-bond donors (Lipinski definition) is 2. The Balaban J connectivity index is 4.09. The summed E-state index contributed by atoms with van der Waals surface area (Å²) in [4.78, 5) is 10.7. The topological polar surface area (TPSA) is 49.3 Å². The van der Waals surface area contributed by atoms with E-state index >= 15 is 0 Å². The zero-order valence-electron chi connectivity index (χ0n) is 7.05. The van der Waals surface area contributed by atoms with Crippen LogP contribution in [0.3, 0.4) is 0 Å². The Morgan fingerprint density at radius 3 is 2.64 bits per heavy atom. The van der Waals surface area contributed by atoms with Crippen LogP contribution < -0.4 is 5.32 Å². The van der Waals surface area contributed by atoms with Gasteiger partial charge in [0.05, 0.1) is 0 Å². The number of nitrogens with one attached hydrogen (secondary N) is 1. The van der Waals surface area contributed by atoms with Gasteiger partial charge >= 0.3 is 5.97 Å². The van der Waals surface area contributed by atoms with E-state index < -0.39 is 11.5 Å². The molecule has 0 aromatic heterocycles. The lowest BCUT2D eigenvalue weighted by molar-refractivity contribution is -0.144. The summed E-state index contributed by atoms with van der Waals surface area (Å²) in [6.45, 7) is 5.20. The molecule has 0 unspecified atom stereocenters. The molecule has 0 saturated heterocycles. The maximum atomic E-state index is 10.7. The van der Waals surface area contributed by atoms with Crippen molar-refractivity contribution in [3.8, 4) is 0 Å². The predicted octanol–water partition coefficient (Wildman–Crippen LogP) is 1.02. The molecule has 0 aromatic rings. The summed E-state index contributed by atoms with van der Waals surface area (Å²) in [5, 5.41) is 11.5. The van der Waals surface area contributed by atoms with E-state index in [0.717, 1.165) is 0 Å². The zero-order chi connectivity index (χ0) is 8.91. The molecule has 64 valence electrons. The molecule has 2 N–H and O–H groups in total. The highest BCUT2D eigenvalue weighted by atomic mass is 16.4. The molecule has 0 amide bonds. The summed E-state index contributed by atoms with van der Waals surface area (Å²) in [5.74, 6) is -0.818. The first-order valence-corrected chi connectivity index (χ1v) is 3.60. The van der Waals surface area contributed by atoms with Crippen molar-refractivity contribution >= 4 is 5.97 Å². The quantitative estimate of drug-likeness (QED) is 0.586. The van der Waals surface area contributed by atoms with Gasteiger partial charge in [0.1, 0.15) is 5.54 Å². The summed E-state index contributed by atoms with van der Waals surface area (Å²) in [7, 11) is 1.65. The molecule has 0 aromatic carbocycles. The monoisotopic (exact) mass is 157 g/mol. The van der Waals surface area contributed by atoms with Crippen LogP contribution in [0.25, 0.3) is 0 Å². The molecule has 0 fully saturated rings. The number of carboxylic acid groups (broad SMARTS) is 1. The van der Waals surface area contributed by atoms with Gasteiger partial charge in [-0.25, -0.2) is 0 Å². The van der Waals surface area contributed by atoms with Gasteiger partial charge in [0.2, 0.25) is 0 Å². The first-order chi connectivity index (χ1) is 5.06. The van der Waals surface area contributed by atoms with Crippen molar-refractivity contribution in [2.45, 2.75) is 25.3 Å². The molecule has 0 rings (SSSR count). The fourth-order valence-electron chi connectivity index (χ4n) is 0.730. The highest BCUT2D eigenvalue weighted by molar-refractivity contribution is 5.78. The Hall–Kier alpha value is -0.830. The van der Waals surface area contributed by atoms with Gasteiger partial charge in [-0.15, -0.1) is 6.58 Å². The standard InChI is InChI=1S/C8H15NO2/c1-4-5-6-8(2,9-3)7(10)11/h4,9H,1,5-6H2,2-3H3,(H,10,11)/t8-/m0/s1. The molecule has 0 heterocycles. The summed E-state index contributed by atoms with van der Waals surface area (Å²) in [5.41, 5.74) is -0.811. The molecule has 1 atom stereocenters. The highest BCUT2D eigenvalue weighted by Gasteiger charge is 2.29. The predicted molar refractivity (Wildman–Crippen MR) is 44.5 cm³/mol. The van der Waals surface area contributed by atoms with Crippen LogP contribution in [0, 0.1) is 0 Å².